The molecule has 8 heteroatoms. The lowest BCUT2D eigenvalue weighted by Crippen LogP contribution is -2.29. The molecule has 0 spiro atoms. The van der Waals surface area contributed by atoms with E-state index in [1.807, 2.05) is 6.07 Å². The van der Waals surface area contributed by atoms with Crippen molar-refractivity contribution >= 4 is 17.4 Å². The number of aliphatic hydroxyl groups excluding tert-OH is 1. The molecule has 4 rings (SSSR count). The first-order valence-electron chi connectivity index (χ1n) is 9.85. The predicted molar refractivity (Wildman–Crippen MR) is 116 cm³/mol. The molecule has 1 saturated heterocycles. The fraction of sp³-hybridized carbons (Fsp3) is 0.167. The van der Waals surface area contributed by atoms with E-state index in [4.69, 9.17) is 9.47 Å². The quantitative estimate of drug-likeness (QED) is 0.363. The fourth-order valence-electron chi connectivity index (χ4n) is 3.72. The van der Waals surface area contributed by atoms with Gasteiger partial charge >= 0.3 is 0 Å². The fourth-order valence-corrected chi connectivity index (χ4v) is 3.72. The molecule has 8 nitrogen and oxygen atoms in total. The molecular formula is C24H21N3O5. The van der Waals surface area contributed by atoms with Gasteiger partial charge < -0.3 is 19.5 Å². The summed E-state index contributed by atoms with van der Waals surface area (Å²) in [5.74, 6) is -1.03. The molecule has 32 heavy (non-hydrogen) atoms. The molecule has 1 unspecified atom stereocenters. The summed E-state index contributed by atoms with van der Waals surface area (Å²) in [5.41, 5.74) is 1.43. The van der Waals surface area contributed by atoms with Crippen molar-refractivity contribution < 1.29 is 24.2 Å². The molecule has 1 amide bonds. The molecule has 0 saturated carbocycles. The highest BCUT2D eigenvalue weighted by Crippen LogP contribution is 2.41. The van der Waals surface area contributed by atoms with Crippen LogP contribution >= 0.6 is 0 Å². The van der Waals surface area contributed by atoms with Gasteiger partial charge in [0.25, 0.3) is 11.7 Å². The van der Waals surface area contributed by atoms with Gasteiger partial charge in [0.2, 0.25) is 0 Å². The van der Waals surface area contributed by atoms with E-state index in [0.29, 0.717) is 17.2 Å². The smallest absolute Gasteiger partial charge is 0.296 e. The molecule has 1 fully saturated rings. The number of carbonyl (C=O) groups excluding carboxylic acids is 2. The normalized spacial score (nSPS) is 17.4. The number of carbonyl (C=O) groups is 2. The molecule has 1 N–H and O–H groups in total. The van der Waals surface area contributed by atoms with Crippen molar-refractivity contribution in [1.82, 2.24) is 14.9 Å². The summed E-state index contributed by atoms with van der Waals surface area (Å²) >= 11 is 0. The highest BCUT2D eigenvalue weighted by Gasteiger charge is 2.47. The summed E-state index contributed by atoms with van der Waals surface area (Å²) in [7, 11) is 2.96. The average molecular weight is 431 g/mol. The molecule has 1 aliphatic rings. The lowest BCUT2D eigenvalue weighted by molar-refractivity contribution is -0.140. The number of amides is 1. The first kappa shape index (κ1) is 21.0. The second kappa shape index (κ2) is 8.89. The topological polar surface area (TPSA) is 102 Å². The van der Waals surface area contributed by atoms with Gasteiger partial charge in [-0.05, 0) is 35.9 Å². The molecule has 3 aromatic rings. The van der Waals surface area contributed by atoms with Gasteiger partial charge in [-0.15, -0.1) is 0 Å². The Labute approximate surface area is 184 Å². The van der Waals surface area contributed by atoms with Gasteiger partial charge in [-0.25, -0.2) is 0 Å². The Balaban J connectivity index is 1.88. The molecule has 0 bridgehead atoms. The third-order valence-electron chi connectivity index (χ3n) is 5.25. The second-order valence-corrected chi connectivity index (χ2v) is 7.11. The third kappa shape index (κ3) is 3.78. The first-order valence-corrected chi connectivity index (χ1v) is 9.85. The summed E-state index contributed by atoms with van der Waals surface area (Å²) in [6.07, 6.45) is 4.83. The SMILES string of the molecule is COc1ccc(/C(O)=C2/C(=O)C(=O)N(Cc3cccnc3)C2c2ccccn2)c(OC)c1. The summed E-state index contributed by atoms with van der Waals surface area (Å²) in [5, 5.41) is 11.2. The van der Waals surface area contributed by atoms with Crippen molar-refractivity contribution in [2.75, 3.05) is 14.2 Å². The number of ketones is 1. The zero-order valence-corrected chi connectivity index (χ0v) is 17.6. The molecule has 2 aromatic heterocycles. The Kier molecular flexibility index (Phi) is 5.85. The Hall–Kier alpha value is -4.20. The van der Waals surface area contributed by atoms with Crippen LogP contribution in [0.2, 0.25) is 0 Å². The zero-order valence-electron chi connectivity index (χ0n) is 17.6. The van der Waals surface area contributed by atoms with Crippen molar-refractivity contribution in [3.05, 3.63) is 89.5 Å². The summed E-state index contributed by atoms with van der Waals surface area (Å²) in [4.78, 5) is 36.0. The summed E-state index contributed by atoms with van der Waals surface area (Å²) in [6, 6.07) is 12.7. The van der Waals surface area contributed by atoms with Crippen molar-refractivity contribution in [2.24, 2.45) is 0 Å². The van der Waals surface area contributed by atoms with E-state index in [9.17, 15) is 14.7 Å². The van der Waals surface area contributed by atoms with Crippen LogP contribution in [0.3, 0.4) is 0 Å². The maximum Gasteiger partial charge on any atom is 0.296 e. The number of rotatable bonds is 6. The van der Waals surface area contributed by atoms with Crippen LogP contribution in [-0.4, -0.2) is 45.9 Å². The average Bonchev–Trinajstić information content (AvgIpc) is 3.09. The van der Waals surface area contributed by atoms with E-state index in [1.165, 1.54) is 19.1 Å². The van der Waals surface area contributed by atoms with Crippen LogP contribution < -0.4 is 9.47 Å². The molecule has 1 aliphatic heterocycles. The summed E-state index contributed by atoms with van der Waals surface area (Å²) < 4.78 is 10.6. The number of benzene rings is 1. The predicted octanol–water partition coefficient (Wildman–Crippen LogP) is 3.12. The number of hydrogen-bond acceptors (Lipinski definition) is 7. The van der Waals surface area contributed by atoms with Gasteiger partial charge in [0, 0.05) is 31.2 Å². The van der Waals surface area contributed by atoms with Crippen LogP contribution in [0.25, 0.3) is 5.76 Å². The zero-order chi connectivity index (χ0) is 22.7. The van der Waals surface area contributed by atoms with Crippen molar-refractivity contribution in [1.29, 1.82) is 0 Å². The Morgan fingerprint density at radius 2 is 1.91 bits per heavy atom. The number of ether oxygens (including phenoxy) is 2. The highest BCUT2D eigenvalue weighted by molar-refractivity contribution is 6.46. The number of hydrogen-bond donors (Lipinski definition) is 1. The van der Waals surface area contributed by atoms with Gasteiger partial charge in [0.05, 0.1) is 31.1 Å². The van der Waals surface area contributed by atoms with E-state index in [2.05, 4.69) is 9.97 Å². The van der Waals surface area contributed by atoms with Crippen molar-refractivity contribution in [3.8, 4) is 11.5 Å². The monoisotopic (exact) mass is 431 g/mol. The number of Topliss-reactive ketones (excluding diaryl/α,β-unsaturated/α-hetero) is 1. The number of aliphatic hydroxyl groups is 1. The molecular weight excluding hydrogens is 410 g/mol. The van der Waals surface area contributed by atoms with Crippen molar-refractivity contribution in [3.63, 3.8) is 0 Å². The first-order chi connectivity index (χ1) is 15.5. The third-order valence-corrected chi connectivity index (χ3v) is 5.25. The van der Waals surface area contributed by atoms with E-state index >= 15 is 0 Å². The maximum atomic E-state index is 13.1. The molecule has 1 atom stereocenters. The van der Waals surface area contributed by atoms with Crippen LogP contribution in [0.15, 0.2) is 72.7 Å². The Morgan fingerprint density at radius 1 is 1.06 bits per heavy atom. The van der Waals surface area contributed by atoms with Gasteiger partial charge in [0.15, 0.2) is 0 Å². The molecule has 0 aliphatic carbocycles. The van der Waals surface area contributed by atoms with Crippen molar-refractivity contribution in [2.45, 2.75) is 12.6 Å². The van der Waals surface area contributed by atoms with E-state index < -0.39 is 17.7 Å². The van der Waals surface area contributed by atoms with Crippen LogP contribution in [0, 0.1) is 0 Å². The minimum Gasteiger partial charge on any atom is -0.507 e. The van der Waals surface area contributed by atoms with Crippen LogP contribution in [0.4, 0.5) is 0 Å². The minimum atomic E-state index is -0.872. The number of nitrogens with zero attached hydrogens (tertiary/aromatic N) is 3. The molecule has 1 aromatic carbocycles. The lowest BCUT2D eigenvalue weighted by Gasteiger charge is -2.24. The minimum absolute atomic E-state index is 0.0546. The van der Waals surface area contributed by atoms with Crippen LogP contribution in [0.5, 0.6) is 11.5 Å². The van der Waals surface area contributed by atoms with Gasteiger partial charge in [-0.1, -0.05) is 12.1 Å². The van der Waals surface area contributed by atoms with E-state index in [1.54, 1.807) is 61.1 Å². The molecule has 0 radical (unpaired) electrons. The van der Waals surface area contributed by atoms with Gasteiger partial charge in [-0.2, -0.15) is 0 Å². The van der Waals surface area contributed by atoms with Crippen LogP contribution in [0.1, 0.15) is 22.9 Å². The van der Waals surface area contributed by atoms with E-state index in [0.717, 1.165) is 5.56 Å². The van der Waals surface area contributed by atoms with Gasteiger partial charge in [0.1, 0.15) is 23.3 Å². The summed E-state index contributed by atoms with van der Waals surface area (Å²) in [6.45, 7) is 0.135. The Bertz CT molecular complexity index is 1180. The number of methoxy groups -OCH3 is 2. The van der Waals surface area contributed by atoms with Gasteiger partial charge in [-0.3, -0.25) is 19.6 Å². The Morgan fingerprint density at radius 3 is 2.56 bits per heavy atom. The number of aromatic nitrogens is 2. The van der Waals surface area contributed by atoms with Crippen LogP contribution in [-0.2, 0) is 16.1 Å². The largest absolute Gasteiger partial charge is 0.507 e. The lowest BCUT2D eigenvalue weighted by atomic mass is 9.97. The maximum absolute atomic E-state index is 13.1. The second-order valence-electron chi connectivity index (χ2n) is 7.11. The molecule has 3 heterocycles. The standard InChI is InChI=1S/C24H21N3O5/c1-31-16-8-9-17(19(12-16)32-2)22(28)20-21(18-7-3-4-11-26-18)27(24(30)23(20)29)14-15-6-5-10-25-13-15/h3-13,21,28H,14H2,1-2H3/b22-20-. The highest BCUT2D eigenvalue weighted by atomic mass is 16.5. The number of pyridine rings is 2. The number of likely N-dealkylation sites (tertiary alicyclic amines) is 1. The molecule has 162 valence electrons. The van der Waals surface area contributed by atoms with E-state index in [-0.39, 0.29) is 23.4 Å².